The first-order chi connectivity index (χ1) is 16.3. The molecule has 0 aliphatic carbocycles. The zero-order valence-corrected chi connectivity index (χ0v) is 20.6. The molecule has 0 bridgehead atoms. The zero-order chi connectivity index (χ0) is 25.7. The number of fused-ring (bicyclic) bond motifs is 1. The van der Waals surface area contributed by atoms with Crippen molar-refractivity contribution in [1.82, 2.24) is 14.6 Å². The van der Waals surface area contributed by atoms with Crippen LogP contribution in [0.2, 0.25) is 0 Å². The summed E-state index contributed by atoms with van der Waals surface area (Å²) in [5.74, 6) is 0.0766. The van der Waals surface area contributed by atoms with Crippen LogP contribution in [0, 0.1) is 18.3 Å². The maximum Gasteiger partial charge on any atom is 0.416 e. The number of aryl methyl sites for hydroxylation is 1. The van der Waals surface area contributed by atoms with E-state index in [4.69, 9.17) is 10.1 Å². The summed E-state index contributed by atoms with van der Waals surface area (Å²) >= 11 is 0. The van der Waals surface area contributed by atoms with Gasteiger partial charge in [-0.15, -0.1) is 0 Å². The van der Waals surface area contributed by atoms with Crippen molar-refractivity contribution in [2.45, 2.75) is 59.6 Å². The number of halogens is 3. The number of anilines is 1. The Morgan fingerprint density at radius 1 is 1.14 bits per heavy atom. The normalized spacial score (nSPS) is 19.2. The quantitative estimate of drug-likeness (QED) is 0.465. The van der Waals surface area contributed by atoms with E-state index in [1.807, 2.05) is 20.8 Å². The predicted molar refractivity (Wildman–Crippen MR) is 129 cm³/mol. The summed E-state index contributed by atoms with van der Waals surface area (Å²) < 4.78 is 40.8. The molecule has 35 heavy (non-hydrogen) atoms. The lowest BCUT2D eigenvalue weighted by atomic mass is 9.71. The van der Waals surface area contributed by atoms with Crippen molar-refractivity contribution < 1.29 is 23.1 Å². The molecule has 1 saturated heterocycles. The first kappa shape index (κ1) is 25.0. The van der Waals surface area contributed by atoms with E-state index in [2.05, 4.69) is 18.7 Å². The second-order valence-corrected chi connectivity index (χ2v) is 10.1. The molecule has 4 rings (SSSR count). The van der Waals surface area contributed by atoms with Crippen LogP contribution in [0.3, 0.4) is 0 Å². The highest BCUT2D eigenvalue weighted by atomic mass is 19.4. The first-order valence-corrected chi connectivity index (χ1v) is 11.9. The van der Waals surface area contributed by atoms with Gasteiger partial charge in [0.1, 0.15) is 5.82 Å². The van der Waals surface area contributed by atoms with Crippen molar-refractivity contribution in [2.24, 2.45) is 11.3 Å². The topological polar surface area (TPSA) is 70.7 Å². The fraction of sp³-hybridized carbons (Fsp3) is 0.500. The molecule has 0 spiro atoms. The number of hydrogen-bond acceptors (Lipinski definition) is 4. The van der Waals surface area contributed by atoms with E-state index in [0.29, 0.717) is 36.4 Å². The van der Waals surface area contributed by atoms with Crippen LogP contribution in [0.1, 0.15) is 63.3 Å². The van der Waals surface area contributed by atoms with Gasteiger partial charge in [-0.1, -0.05) is 39.8 Å². The standard InChI is InChI=1S/C26H31F3N4O2/c1-15(2)22-17(5)30-21-13-20(18-7-9-19(10-8-18)26(27,28)29)31-33(21)23(22)32-12-6-11-25(14-32,16(3)4)24(34)35/h7-10,13,15-16H,6,11-12,14H2,1-5H3,(H,34,35)/t25-/m0/s1. The Balaban J connectivity index is 1.87. The van der Waals surface area contributed by atoms with E-state index in [-0.39, 0.29) is 11.8 Å². The highest BCUT2D eigenvalue weighted by Gasteiger charge is 2.46. The van der Waals surface area contributed by atoms with Gasteiger partial charge in [-0.25, -0.2) is 4.98 Å². The molecule has 2 aromatic heterocycles. The predicted octanol–water partition coefficient (Wildman–Crippen LogP) is 6.17. The molecule has 0 unspecified atom stereocenters. The summed E-state index contributed by atoms with van der Waals surface area (Å²) in [7, 11) is 0. The largest absolute Gasteiger partial charge is 0.481 e. The second kappa shape index (κ2) is 8.84. The van der Waals surface area contributed by atoms with E-state index in [0.717, 1.165) is 35.6 Å². The Morgan fingerprint density at radius 3 is 2.34 bits per heavy atom. The molecule has 0 saturated carbocycles. The van der Waals surface area contributed by atoms with Gasteiger partial charge in [0.05, 0.1) is 16.7 Å². The van der Waals surface area contributed by atoms with Crippen LogP contribution in [0.25, 0.3) is 16.9 Å². The van der Waals surface area contributed by atoms with Crippen molar-refractivity contribution in [3.8, 4) is 11.3 Å². The van der Waals surface area contributed by atoms with Gasteiger partial charge >= 0.3 is 12.1 Å². The van der Waals surface area contributed by atoms with Gasteiger partial charge in [-0.05, 0) is 43.7 Å². The van der Waals surface area contributed by atoms with Gasteiger partial charge in [0.2, 0.25) is 0 Å². The number of piperidine rings is 1. The third kappa shape index (κ3) is 4.36. The van der Waals surface area contributed by atoms with E-state index < -0.39 is 23.1 Å². The molecule has 1 aromatic carbocycles. The van der Waals surface area contributed by atoms with Crippen molar-refractivity contribution >= 4 is 17.4 Å². The molecule has 0 amide bonds. The average Bonchev–Trinajstić information content (AvgIpc) is 3.20. The molecule has 1 aliphatic rings. The molecule has 0 radical (unpaired) electrons. The number of carboxylic acid groups (broad SMARTS) is 1. The zero-order valence-electron chi connectivity index (χ0n) is 20.6. The van der Waals surface area contributed by atoms with Crippen molar-refractivity contribution in [3.63, 3.8) is 0 Å². The fourth-order valence-electron chi connectivity index (χ4n) is 5.22. The average molecular weight is 489 g/mol. The number of benzene rings is 1. The Hall–Kier alpha value is -3.10. The minimum absolute atomic E-state index is 0.0518. The van der Waals surface area contributed by atoms with Gasteiger partial charge in [-0.3, -0.25) is 4.79 Å². The molecule has 6 nitrogen and oxygen atoms in total. The minimum atomic E-state index is -4.41. The molecule has 188 valence electrons. The minimum Gasteiger partial charge on any atom is -0.481 e. The Kier molecular flexibility index (Phi) is 6.32. The molecular formula is C26H31F3N4O2. The number of aliphatic carboxylic acids is 1. The Labute approximate surface area is 202 Å². The molecule has 1 atom stereocenters. The Bertz CT molecular complexity index is 1250. The van der Waals surface area contributed by atoms with Crippen LogP contribution < -0.4 is 4.90 Å². The maximum absolute atomic E-state index is 13.0. The van der Waals surface area contributed by atoms with Gasteiger partial charge in [0.15, 0.2) is 5.65 Å². The molecule has 1 aliphatic heterocycles. The van der Waals surface area contributed by atoms with E-state index in [1.165, 1.54) is 12.1 Å². The van der Waals surface area contributed by atoms with Gasteiger partial charge in [0.25, 0.3) is 0 Å². The third-order valence-corrected chi connectivity index (χ3v) is 7.24. The van der Waals surface area contributed by atoms with Gasteiger partial charge in [0, 0.05) is 36.0 Å². The fourth-order valence-corrected chi connectivity index (χ4v) is 5.22. The number of alkyl halides is 3. The van der Waals surface area contributed by atoms with Crippen molar-refractivity contribution in [1.29, 1.82) is 0 Å². The summed E-state index contributed by atoms with van der Waals surface area (Å²) in [5.41, 5.74) is 1.87. The van der Waals surface area contributed by atoms with E-state index in [1.54, 1.807) is 10.6 Å². The monoisotopic (exact) mass is 488 g/mol. The SMILES string of the molecule is Cc1nc2cc(-c3ccc(C(F)(F)F)cc3)nn2c(N2CCC[C@@](C(=O)O)(C(C)C)C2)c1C(C)C. The number of carbonyl (C=O) groups is 1. The van der Waals surface area contributed by atoms with E-state index in [9.17, 15) is 23.1 Å². The van der Waals surface area contributed by atoms with Crippen LogP contribution in [-0.2, 0) is 11.0 Å². The summed E-state index contributed by atoms with van der Waals surface area (Å²) in [6.45, 7) is 11.0. The number of nitrogens with zero attached hydrogens (tertiary/aromatic N) is 4. The summed E-state index contributed by atoms with van der Waals surface area (Å²) in [4.78, 5) is 19.2. The highest BCUT2D eigenvalue weighted by molar-refractivity contribution is 5.77. The number of carboxylic acids is 1. The smallest absolute Gasteiger partial charge is 0.416 e. The van der Waals surface area contributed by atoms with Crippen LogP contribution in [0.5, 0.6) is 0 Å². The third-order valence-electron chi connectivity index (χ3n) is 7.24. The molecular weight excluding hydrogens is 457 g/mol. The van der Waals surface area contributed by atoms with Crippen LogP contribution in [0.15, 0.2) is 30.3 Å². The number of rotatable bonds is 5. The lowest BCUT2D eigenvalue weighted by molar-refractivity contribution is -0.152. The van der Waals surface area contributed by atoms with Crippen LogP contribution in [-0.4, -0.2) is 38.8 Å². The first-order valence-electron chi connectivity index (χ1n) is 11.9. The van der Waals surface area contributed by atoms with E-state index >= 15 is 0 Å². The Morgan fingerprint density at radius 2 is 1.80 bits per heavy atom. The lowest BCUT2D eigenvalue weighted by Crippen LogP contribution is -2.51. The molecule has 3 heterocycles. The number of hydrogen-bond donors (Lipinski definition) is 1. The number of aromatic nitrogens is 3. The summed E-state index contributed by atoms with van der Waals surface area (Å²) in [6, 6.07) is 6.69. The van der Waals surface area contributed by atoms with Gasteiger partial charge < -0.3 is 10.0 Å². The molecule has 9 heteroatoms. The van der Waals surface area contributed by atoms with Gasteiger partial charge in [-0.2, -0.15) is 22.8 Å². The summed E-state index contributed by atoms with van der Waals surface area (Å²) in [5, 5.41) is 14.9. The van der Waals surface area contributed by atoms with Crippen molar-refractivity contribution in [3.05, 3.63) is 47.2 Å². The molecule has 3 aromatic rings. The molecule has 1 fully saturated rings. The van der Waals surface area contributed by atoms with Crippen molar-refractivity contribution in [2.75, 3.05) is 18.0 Å². The summed E-state index contributed by atoms with van der Waals surface area (Å²) in [6.07, 6.45) is -3.06. The lowest BCUT2D eigenvalue weighted by Gasteiger charge is -2.44. The van der Waals surface area contributed by atoms with Crippen LogP contribution in [0.4, 0.5) is 19.0 Å². The highest BCUT2D eigenvalue weighted by Crippen LogP contribution is 2.42. The maximum atomic E-state index is 13.0. The molecule has 1 N–H and O–H groups in total. The second-order valence-electron chi connectivity index (χ2n) is 10.1. The van der Waals surface area contributed by atoms with Crippen LogP contribution >= 0.6 is 0 Å².